The van der Waals surface area contributed by atoms with Crippen LogP contribution in [0.4, 0.5) is 0 Å². The van der Waals surface area contributed by atoms with Crippen LogP contribution in [-0.2, 0) is 11.3 Å². The van der Waals surface area contributed by atoms with E-state index in [1.807, 2.05) is 6.07 Å². The Balaban J connectivity index is -0.000000399. The van der Waals surface area contributed by atoms with Crippen LogP contribution in [0.1, 0.15) is 18.4 Å². The molecule has 0 aliphatic carbocycles. The molecule has 1 aromatic rings. The molecular formula is C10H20Cl2N2O2. The van der Waals surface area contributed by atoms with E-state index in [-0.39, 0.29) is 24.8 Å². The van der Waals surface area contributed by atoms with Gasteiger partial charge in [0.15, 0.2) is 0 Å². The molecule has 0 aliphatic rings. The summed E-state index contributed by atoms with van der Waals surface area (Å²) in [6, 6.07) is 10.5. The molecule has 0 aliphatic heterocycles. The smallest absolute Gasteiger partial charge is 0.106 e. The van der Waals surface area contributed by atoms with E-state index in [0.29, 0.717) is 0 Å². The Kier molecular flexibility index (Phi) is 22.4. The number of hydrogen-bond donors (Lipinski definition) is 3. The first-order chi connectivity index (χ1) is 6.93. The van der Waals surface area contributed by atoms with Gasteiger partial charge in [0.2, 0.25) is 0 Å². The monoisotopic (exact) mass is 270 g/mol. The van der Waals surface area contributed by atoms with Crippen LogP contribution >= 0.6 is 0 Å². The van der Waals surface area contributed by atoms with Crippen molar-refractivity contribution < 1.29 is 46.7 Å². The predicted molar refractivity (Wildman–Crippen MR) is 52.9 cm³/mol. The Labute approximate surface area is 109 Å². The summed E-state index contributed by atoms with van der Waals surface area (Å²) in [6.07, 6.45) is 3.42. The van der Waals surface area contributed by atoms with Crippen molar-refractivity contribution in [3.05, 3.63) is 35.9 Å². The van der Waals surface area contributed by atoms with Gasteiger partial charge in [-0.2, -0.15) is 0 Å². The van der Waals surface area contributed by atoms with E-state index in [0.717, 1.165) is 19.4 Å². The lowest BCUT2D eigenvalue weighted by molar-refractivity contribution is -0.689. The third-order valence-electron chi connectivity index (χ3n) is 1.85. The Bertz CT molecular complexity index is 213. The summed E-state index contributed by atoms with van der Waals surface area (Å²) in [5.74, 6) is 5.58. The summed E-state index contributed by atoms with van der Waals surface area (Å²) < 4.78 is 0. The Morgan fingerprint density at radius 1 is 1.00 bits per heavy atom. The van der Waals surface area contributed by atoms with Gasteiger partial charge in [0.05, 0.1) is 0 Å². The highest BCUT2D eigenvalue weighted by Crippen LogP contribution is 2.03. The Hall–Kier alpha value is -0.360. The van der Waals surface area contributed by atoms with Crippen molar-refractivity contribution in [1.82, 2.24) is 0 Å². The molecule has 0 bridgehead atoms. The number of rotatable bonds is 5. The van der Waals surface area contributed by atoms with Crippen LogP contribution in [0.25, 0.3) is 0 Å². The molecule has 0 amide bonds. The van der Waals surface area contributed by atoms with Crippen LogP contribution in [0.15, 0.2) is 30.3 Å². The molecule has 0 unspecified atom stereocenters. The number of unbranched alkanes of at least 4 members (excludes halogenated alkanes) is 1. The fraction of sp³-hybridized carbons (Fsp3) is 0.400. The fourth-order valence-corrected chi connectivity index (χ4v) is 1.18. The van der Waals surface area contributed by atoms with Crippen molar-refractivity contribution in [2.24, 2.45) is 0 Å². The lowest BCUT2D eigenvalue weighted by Crippen LogP contribution is -3.00. The maximum atomic E-state index is 6.75. The quantitative estimate of drug-likeness (QED) is 0.368. The molecule has 1 aromatic carbocycles. The van der Waals surface area contributed by atoms with Crippen LogP contribution in [-0.4, -0.2) is 11.8 Å². The summed E-state index contributed by atoms with van der Waals surface area (Å²) >= 11 is 0. The van der Waals surface area contributed by atoms with Gasteiger partial charge in [0, 0.05) is 0 Å². The number of hydrogen-bond acceptors (Lipinski definition) is 2. The van der Waals surface area contributed by atoms with Gasteiger partial charge in [-0.05, 0) is 24.8 Å². The lowest BCUT2D eigenvalue weighted by Gasteiger charge is -1.98. The second-order valence-electron chi connectivity index (χ2n) is 2.85. The fourth-order valence-electron chi connectivity index (χ4n) is 1.18. The zero-order chi connectivity index (χ0) is 10.6. The molecule has 0 saturated carbocycles. The van der Waals surface area contributed by atoms with E-state index in [1.54, 1.807) is 0 Å². The average molecular weight is 271 g/mol. The van der Waals surface area contributed by atoms with E-state index >= 15 is 0 Å². The van der Waals surface area contributed by atoms with Crippen molar-refractivity contribution in [3.63, 3.8) is 0 Å². The van der Waals surface area contributed by atoms with Gasteiger partial charge < -0.3 is 24.8 Å². The van der Waals surface area contributed by atoms with Crippen molar-refractivity contribution in [2.45, 2.75) is 19.3 Å². The van der Waals surface area contributed by atoms with Crippen molar-refractivity contribution >= 4 is 0 Å². The van der Waals surface area contributed by atoms with Crippen molar-refractivity contribution in [3.8, 4) is 0 Å². The van der Waals surface area contributed by atoms with Gasteiger partial charge in [0.1, 0.15) is 6.61 Å². The highest BCUT2D eigenvalue weighted by molar-refractivity contribution is 5.14. The van der Waals surface area contributed by atoms with Gasteiger partial charge in [-0.15, -0.1) is 0 Å². The van der Waals surface area contributed by atoms with Crippen LogP contribution in [0.3, 0.4) is 0 Å². The van der Waals surface area contributed by atoms with Gasteiger partial charge in [-0.1, -0.05) is 30.3 Å². The minimum Gasteiger partial charge on any atom is -1.00 e. The minimum absolute atomic E-state index is 0. The molecule has 0 radical (unpaired) electrons. The molecule has 0 saturated heterocycles. The zero-order valence-electron chi connectivity index (χ0n) is 9.24. The van der Waals surface area contributed by atoms with E-state index < -0.39 is 0 Å². The average Bonchev–Trinajstić information content (AvgIpc) is 2.29. The molecule has 0 heterocycles. The van der Waals surface area contributed by atoms with Crippen molar-refractivity contribution in [1.29, 1.82) is 0 Å². The molecule has 7 N–H and O–H groups in total. The largest absolute Gasteiger partial charge is 1.00 e. The molecule has 16 heavy (non-hydrogen) atoms. The zero-order valence-corrected chi connectivity index (χ0v) is 10.8. The maximum Gasteiger partial charge on any atom is 0.106 e. The first kappa shape index (κ1) is 21.0. The van der Waals surface area contributed by atoms with Gasteiger partial charge in [0.25, 0.3) is 0 Å². The van der Waals surface area contributed by atoms with Crippen LogP contribution < -0.4 is 36.6 Å². The Morgan fingerprint density at radius 3 is 2.06 bits per heavy atom. The number of aryl methyl sites for hydroxylation is 1. The lowest BCUT2D eigenvalue weighted by atomic mass is 10.1. The molecule has 96 valence electrons. The Morgan fingerprint density at radius 2 is 1.56 bits per heavy atom. The third kappa shape index (κ3) is 11.7. The number of halogens is 2. The van der Waals surface area contributed by atoms with E-state index in [9.17, 15) is 0 Å². The number of benzene rings is 1. The van der Waals surface area contributed by atoms with Crippen LogP contribution in [0.2, 0.25) is 0 Å². The topological polar surface area (TPSA) is 84.7 Å². The standard InChI is InChI=1S/C10H16NO.2ClH.H4NO/c11-12-9-5-4-8-10-6-2-1-3-7-10;;;1-2/h1-3,6-7H,4-5,8-9H2,11H3;2*1H;2H,1H3/q+1;;;+1/p-2. The summed E-state index contributed by atoms with van der Waals surface area (Å²) in [7, 11) is 0. The highest BCUT2D eigenvalue weighted by atomic mass is 35.5. The second-order valence-corrected chi connectivity index (χ2v) is 2.85. The van der Waals surface area contributed by atoms with Crippen LogP contribution in [0.5, 0.6) is 0 Å². The summed E-state index contributed by atoms with van der Waals surface area (Å²) in [5, 5.41) is 6.75. The highest BCUT2D eigenvalue weighted by Gasteiger charge is 1.91. The van der Waals surface area contributed by atoms with Gasteiger partial charge >= 0.3 is 0 Å². The van der Waals surface area contributed by atoms with E-state index in [2.05, 4.69) is 36.1 Å². The molecule has 0 aromatic heterocycles. The predicted octanol–water partition coefficient (Wildman–Crippen LogP) is -6.19. The first-order valence-electron chi connectivity index (χ1n) is 4.66. The SMILES string of the molecule is [Cl-].[Cl-].[NH3+]O.[NH3+]OCCCCc1ccccc1. The van der Waals surface area contributed by atoms with Gasteiger partial charge in [-0.3, -0.25) is 0 Å². The summed E-state index contributed by atoms with van der Waals surface area (Å²) in [6.45, 7) is 0.771. The summed E-state index contributed by atoms with van der Waals surface area (Å²) in [5.41, 5.74) is 1.40. The summed E-state index contributed by atoms with van der Waals surface area (Å²) in [4.78, 5) is 4.73. The van der Waals surface area contributed by atoms with E-state index in [4.69, 9.17) is 10.0 Å². The minimum atomic E-state index is 0. The molecule has 0 fully saturated rings. The molecule has 1 rings (SSSR count). The molecular weight excluding hydrogens is 251 g/mol. The van der Waals surface area contributed by atoms with E-state index in [1.165, 1.54) is 12.0 Å². The van der Waals surface area contributed by atoms with Gasteiger partial charge in [-0.25, -0.2) is 21.8 Å². The number of quaternary nitrogens is 2. The maximum absolute atomic E-state index is 6.75. The van der Waals surface area contributed by atoms with Crippen LogP contribution in [0, 0.1) is 0 Å². The molecule has 6 heteroatoms. The normalized spacial score (nSPS) is 7.94. The molecule has 0 spiro atoms. The first-order valence-corrected chi connectivity index (χ1v) is 4.66. The van der Waals surface area contributed by atoms with Crippen molar-refractivity contribution in [2.75, 3.05) is 6.61 Å². The third-order valence-corrected chi connectivity index (χ3v) is 1.85. The molecule has 0 atom stereocenters. The second kappa shape index (κ2) is 17.0. The molecule has 4 nitrogen and oxygen atoms in total.